The number of allylic oxidation sites excluding steroid dienone is 8. The van der Waals surface area contributed by atoms with Crippen LogP contribution in [-0.4, -0.2) is 149 Å². The Morgan fingerprint density at radius 1 is 0.366 bits per heavy atom. The van der Waals surface area contributed by atoms with Gasteiger partial charge < -0.3 is 86.3 Å². The van der Waals surface area contributed by atoms with Gasteiger partial charge in [0, 0.05) is 247 Å². The maximum absolute atomic E-state index is 10.0. The minimum absolute atomic E-state index is 0. The van der Waals surface area contributed by atoms with Gasteiger partial charge in [0.15, 0.2) is 29.5 Å². The molecule has 5 radical (unpaired) electrons. The Morgan fingerprint density at radius 2 is 0.709 bits per heavy atom. The molecule has 0 amide bonds. The summed E-state index contributed by atoms with van der Waals surface area (Å²) in [6.45, 7) is 11.4. The molecule has 134 heavy (non-hydrogen) atoms. The van der Waals surface area contributed by atoms with E-state index in [2.05, 4.69) is 97.5 Å². The summed E-state index contributed by atoms with van der Waals surface area (Å²) in [4.78, 5) is 82.1. The number of carbonyl (C=O) groups excluding carboxylic acids is 4. The molecular formula is C96H92Ir5N22O9PtS-6. The topological polar surface area (TPSA) is 366 Å². The first kappa shape index (κ1) is 115. The first-order valence-electron chi connectivity index (χ1n) is 39.1. The second-order valence-electron chi connectivity index (χ2n) is 27.3. The van der Waals surface area contributed by atoms with Crippen molar-refractivity contribution >= 4 is 34.5 Å². The van der Waals surface area contributed by atoms with Crippen LogP contribution in [0.3, 0.4) is 0 Å². The Kier molecular flexibility index (Phi) is 52.4. The molecule has 0 saturated carbocycles. The van der Waals surface area contributed by atoms with Crippen LogP contribution < -0.4 is 0 Å². The van der Waals surface area contributed by atoms with E-state index < -0.39 is 0 Å². The number of pyridine rings is 1. The van der Waals surface area contributed by atoms with Crippen LogP contribution >= 0.6 is 11.3 Å². The van der Waals surface area contributed by atoms with Crippen LogP contribution in [0.25, 0.3) is 103 Å². The minimum atomic E-state index is -0.125. The third-order valence-corrected chi connectivity index (χ3v) is 17.0. The maximum Gasteiger partial charge on any atom is 0.168 e. The average Bonchev–Trinajstić information content (AvgIpc) is 1.69. The van der Waals surface area contributed by atoms with E-state index >= 15 is 0 Å². The Morgan fingerprint density at radius 3 is 1.02 bits per heavy atom. The van der Waals surface area contributed by atoms with Crippen molar-refractivity contribution in [2.75, 3.05) is 0 Å². The second kappa shape index (κ2) is 61.0. The summed E-state index contributed by atoms with van der Waals surface area (Å²) in [5.74, 6) is 7.13. The van der Waals surface area contributed by atoms with Crippen LogP contribution in [0.4, 0.5) is 0 Å². The van der Waals surface area contributed by atoms with Crippen molar-refractivity contribution in [3.05, 3.63) is 377 Å². The molecule has 0 aliphatic rings. The number of imidazole rings is 7. The Balaban J connectivity index is 0.000000389. The quantitative estimate of drug-likeness (QED) is 0.0396. The van der Waals surface area contributed by atoms with E-state index in [0.29, 0.717) is 5.82 Å². The van der Waals surface area contributed by atoms with Crippen LogP contribution in [0.15, 0.2) is 344 Å². The Hall–Kier alpha value is -13.0. The van der Waals surface area contributed by atoms with Crippen molar-refractivity contribution in [1.29, 1.82) is 0 Å². The number of hydrogen-bond acceptors (Lipinski definition) is 22. The molecule has 18 rings (SSSR count). The Labute approximate surface area is 861 Å². The number of rotatable bonds is 16. The predicted octanol–water partition coefficient (Wildman–Crippen LogP) is 17.5. The summed E-state index contributed by atoms with van der Waals surface area (Å²) in [5.41, 5.74) is 11.3. The summed E-state index contributed by atoms with van der Waals surface area (Å²) < 4.78 is 23.4. The molecule has 0 atom stereocenters. The number of carbonyl (C=O) groups is 4. The first-order valence-corrected chi connectivity index (χ1v) is 40.0. The number of aliphatic hydroxyl groups excluding tert-OH is 4. The van der Waals surface area contributed by atoms with Gasteiger partial charge in [-0.05, 0) is 120 Å². The van der Waals surface area contributed by atoms with Crippen molar-refractivity contribution < 1.29 is 166 Å². The summed E-state index contributed by atoms with van der Waals surface area (Å²) in [6, 6.07) is 61.9. The van der Waals surface area contributed by atoms with Crippen molar-refractivity contribution in [2.24, 2.45) is 28.2 Å². The molecule has 13 aromatic heterocycles. The van der Waals surface area contributed by atoms with Gasteiger partial charge in [-0.1, -0.05) is 229 Å². The second-order valence-corrected chi connectivity index (χ2v) is 28.0. The molecule has 0 fully saturated rings. The van der Waals surface area contributed by atoms with Gasteiger partial charge >= 0.3 is 0 Å². The van der Waals surface area contributed by atoms with Gasteiger partial charge in [-0.15, -0.1) is 17.4 Å². The van der Waals surface area contributed by atoms with Gasteiger partial charge in [-0.2, -0.15) is 6.07 Å². The molecule has 38 heteroatoms. The maximum atomic E-state index is 10.0. The fraction of sp³-hybridized carbons (Fsp3) is 0.125. The van der Waals surface area contributed by atoms with Crippen molar-refractivity contribution in [3.63, 3.8) is 0 Å². The molecular weight excluding hydrogens is 2790 g/mol. The molecule has 0 saturated heterocycles. The number of hydrogen-bond donors (Lipinski definition) is 4. The molecule has 0 aliphatic carbocycles. The molecule has 31 nitrogen and oxygen atoms in total. The fourth-order valence-corrected chi connectivity index (χ4v) is 11.9. The van der Waals surface area contributed by atoms with E-state index in [9.17, 15) is 19.2 Å². The fourth-order valence-electron chi connectivity index (χ4n) is 11.3. The number of aromatic nitrogens is 22. The molecule has 0 aliphatic heterocycles. The minimum Gasteiger partial charge on any atom is -0.512 e. The third-order valence-electron chi connectivity index (χ3n) is 16.5. The van der Waals surface area contributed by atoms with Gasteiger partial charge in [0.05, 0.1) is 70.7 Å². The molecule has 0 bridgehead atoms. The molecule has 13 heterocycles. The zero-order valence-electron chi connectivity index (χ0n) is 74.1. The van der Waals surface area contributed by atoms with E-state index in [1.165, 1.54) is 86.1 Å². The van der Waals surface area contributed by atoms with Crippen LogP contribution in [0.2, 0.25) is 0 Å². The summed E-state index contributed by atoms with van der Waals surface area (Å²) in [6.07, 6.45) is 49.0. The molecule has 4 N–H and O–H groups in total. The monoisotopic (exact) mass is 2890 g/mol. The molecule has 5 aromatic carbocycles. The van der Waals surface area contributed by atoms with Gasteiger partial charge in [-0.25, -0.2) is 10.2 Å². The summed E-state index contributed by atoms with van der Waals surface area (Å²) in [7, 11) is 7.66. The van der Waals surface area contributed by atoms with Gasteiger partial charge in [0.25, 0.3) is 0 Å². The zero-order chi connectivity index (χ0) is 91.7. The van der Waals surface area contributed by atoms with E-state index in [-0.39, 0.29) is 168 Å². The smallest absolute Gasteiger partial charge is 0.168 e. The SMILES string of the molecule is CC(=O)C=C(C)O.CC(=O)C=C(C)O.CC(=O)C=C(C)O.CC(=O)C=C(C)O.Cn1ccc(-n2[c-]cnc2-c2ccccc2)n1.Cn1ccc(-n2[c-]ncc2-c2ccccc2)n1.Cn1cnc(-n2[c-]cnc2-c2ccccc2)c1.Cn1cnc(-n2[c-]ncc2-c2ccccc2)c1.[Ir].[Ir].[Ir].[Ir].[Ir].[Pt].[c-]1ccc(-c2ccncc2)n1-c1cscn1.[c-]1cnc(-c2ccccc2)n1-c1cocn1. The van der Waals surface area contributed by atoms with Crippen LogP contribution in [-0.2, 0) is 169 Å². The standard InChI is InChI=1S/4C13H11N4.C12H8N3O.C12H8N3S.4C5H8O2.5Ir.Pt/c1-16-8-13(15-10-16)17-9-14-7-12(17)11-5-3-2-4-6-11;1-16-9-7-12(15-16)17-10-8-14-13(17)11-5-3-2-4-6-11;1-16-9-12(15-10-16)17-8-7-14-13(17)11-5-3-2-4-6-11;1-16-8-7-13(15-16)17-10-14-9-12(17)11-5-3-2-4-6-11;1-2-4-10(5-3-1)12-13-6-7-15(12)11-8-16-9-14-11;1-2-11(10-3-5-13-6-4-10)15(7-1)12-8-16-9-14-12;4*1-4(6)3-5(2)7;;;;;;/h2-8,10H,1H3;2-9H,1H3;2-7,9-10H,1H3;2-9H,1H3;2*1-6,8-9H;4*3,6H,1-2H3;;;;;;/q6*-1;;;;;;;;;;. The number of aliphatic hydroxyl groups is 4. The van der Waals surface area contributed by atoms with Crippen molar-refractivity contribution in [2.45, 2.75) is 55.4 Å². The molecule has 0 spiro atoms. The van der Waals surface area contributed by atoms with Gasteiger partial charge in [0.2, 0.25) is 0 Å². The molecule has 18 aromatic rings. The summed E-state index contributed by atoms with van der Waals surface area (Å²) in [5, 5.41) is 44.1. The number of ketones is 4. The van der Waals surface area contributed by atoms with Crippen LogP contribution in [0.1, 0.15) is 55.4 Å². The van der Waals surface area contributed by atoms with E-state index in [1.54, 1.807) is 87.6 Å². The van der Waals surface area contributed by atoms with E-state index in [4.69, 9.17) is 24.8 Å². The van der Waals surface area contributed by atoms with Crippen LogP contribution in [0.5, 0.6) is 0 Å². The Bertz CT molecular complexity index is 5830. The summed E-state index contributed by atoms with van der Waals surface area (Å²) >= 11 is 1.58. The van der Waals surface area contributed by atoms with Crippen molar-refractivity contribution in [1.82, 2.24) is 106 Å². The number of benzene rings is 5. The zero-order valence-corrected chi connectivity index (χ0v) is 89.1. The number of thiazole rings is 1. The first-order chi connectivity index (χ1) is 61.8. The third kappa shape index (κ3) is 38.0. The number of aryl methyl sites for hydroxylation is 4. The van der Waals surface area contributed by atoms with E-state index in [1.807, 2.05) is 284 Å². The molecule has 707 valence electrons. The van der Waals surface area contributed by atoms with Gasteiger partial charge in [-0.3, -0.25) is 53.5 Å². The van der Waals surface area contributed by atoms with Crippen molar-refractivity contribution in [3.8, 4) is 103 Å². The average molecular weight is 2890 g/mol. The normalized spacial score (nSPS) is 10.3. The molecule has 0 unspecified atom stereocenters. The van der Waals surface area contributed by atoms with Gasteiger partial charge in [0.1, 0.15) is 0 Å². The number of nitrogens with zero attached hydrogens (tertiary/aromatic N) is 22. The van der Waals surface area contributed by atoms with E-state index in [0.717, 1.165) is 97.0 Å². The predicted molar refractivity (Wildman–Crippen MR) is 488 cm³/mol. The number of oxazole rings is 1. The largest absolute Gasteiger partial charge is 0.512 e. The van der Waals surface area contributed by atoms with Crippen LogP contribution in [0, 0.1) is 37.4 Å².